The maximum Gasteiger partial charge on any atom is 0.177 e. The molecule has 5 nitrogen and oxygen atoms in total. The maximum absolute atomic E-state index is 11.6. The lowest BCUT2D eigenvalue weighted by molar-refractivity contribution is 0.412. The summed E-state index contributed by atoms with van der Waals surface area (Å²) in [6.45, 7) is 0. The summed E-state index contributed by atoms with van der Waals surface area (Å²) in [6.07, 6.45) is 1.10. The molecule has 0 aliphatic heterocycles. The van der Waals surface area contributed by atoms with Gasteiger partial charge in [0.15, 0.2) is 15.6 Å². The van der Waals surface area contributed by atoms with E-state index in [-0.39, 0.29) is 16.3 Å². The first-order valence-electron chi connectivity index (χ1n) is 5.93. The van der Waals surface area contributed by atoms with Crippen molar-refractivity contribution in [2.24, 2.45) is 0 Å². The number of benzene rings is 2. The molecule has 0 aliphatic carbocycles. The van der Waals surface area contributed by atoms with Crippen LogP contribution in [-0.2, 0) is 9.84 Å². The Hall–Kier alpha value is -1.73. The SMILES string of the molecule is COc1ccc(Oc2cccc(S(C)(=O)=O)c2N)c(Br)c1. The lowest BCUT2D eigenvalue weighted by atomic mass is 10.3. The minimum atomic E-state index is -3.41. The second kappa shape index (κ2) is 5.95. The first kappa shape index (κ1) is 15.7. The zero-order valence-electron chi connectivity index (χ0n) is 11.5. The van der Waals surface area contributed by atoms with E-state index in [1.807, 2.05) is 0 Å². The molecule has 0 radical (unpaired) electrons. The van der Waals surface area contributed by atoms with Crippen molar-refractivity contribution in [2.45, 2.75) is 4.90 Å². The van der Waals surface area contributed by atoms with Gasteiger partial charge >= 0.3 is 0 Å². The molecule has 2 aromatic rings. The smallest absolute Gasteiger partial charge is 0.177 e. The second-order valence-corrected chi connectivity index (χ2v) is 7.18. The average molecular weight is 372 g/mol. The number of rotatable bonds is 4. The van der Waals surface area contributed by atoms with Gasteiger partial charge in [-0.15, -0.1) is 0 Å². The van der Waals surface area contributed by atoms with Gasteiger partial charge in [0.25, 0.3) is 0 Å². The molecule has 2 aromatic carbocycles. The highest BCUT2D eigenvalue weighted by Gasteiger charge is 2.16. The highest BCUT2D eigenvalue weighted by molar-refractivity contribution is 9.10. The van der Waals surface area contributed by atoms with Gasteiger partial charge in [-0.25, -0.2) is 8.42 Å². The topological polar surface area (TPSA) is 78.6 Å². The predicted octanol–water partition coefficient (Wildman–Crippen LogP) is 3.24. The Balaban J connectivity index is 2.41. The fourth-order valence-corrected chi connectivity index (χ4v) is 3.01. The largest absolute Gasteiger partial charge is 0.497 e. The summed E-state index contributed by atoms with van der Waals surface area (Å²) < 4.78 is 34.7. The van der Waals surface area contributed by atoms with Crippen LogP contribution in [0, 0.1) is 0 Å². The van der Waals surface area contributed by atoms with E-state index in [1.54, 1.807) is 37.4 Å². The van der Waals surface area contributed by atoms with E-state index in [0.717, 1.165) is 6.26 Å². The van der Waals surface area contributed by atoms with Crippen molar-refractivity contribution >= 4 is 31.5 Å². The van der Waals surface area contributed by atoms with Crippen LogP contribution in [0.3, 0.4) is 0 Å². The van der Waals surface area contributed by atoms with Gasteiger partial charge in [-0.05, 0) is 46.3 Å². The molecule has 0 spiro atoms. The van der Waals surface area contributed by atoms with Crippen LogP contribution in [0.15, 0.2) is 45.8 Å². The summed E-state index contributed by atoms with van der Waals surface area (Å²) in [5.41, 5.74) is 5.97. The number of hydrogen-bond donors (Lipinski definition) is 1. The number of para-hydroxylation sites is 1. The number of nitrogens with two attached hydrogens (primary N) is 1. The van der Waals surface area contributed by atoms with E-state index in [0.29, 0.717) is 16.0 Å². The first-order chi connectivity index (χ1) is 9.82. The molecule has 112 valence electrons. The zero-order valence-corrected chi connectivity index (χ0v) is 13.9. The Morgan fingerprint density at radius 2 is 1.86 bits per heavy atom. The van der Waals surface area contributed by atoms with Gasteiger partial charge < -0.3 is 15.2 Å². The van der Waals surface area contributed by atoms with Crippen molar-refractivity contribution in [3.05, 3.63) is 40.9 Å². The van der Waals surface area contributed by atoms with Crippen LogP contribution in [-0.4, -0.2) is 21.8 Å². The van der Waals surface area contributed by atoms with Crippen LogP contribution < -0.4 is 15.2 Å². The van der Waals surface area contributed by atoms with E-state index in [9.17, 15) is 8.42 Å². The van der Waals surface area contributed by atoms with E-state index in [4.69, 9.17) is 15.2 Å². The molecule has 2 rings (SSSR count). The minimum absolute atomic E-state index is 0.0460. The minimum Gasteiger partial charge on any atom is -0.497 e. The molecule has 21 heavy (non-hydrogen) atoms. The molecular weight excluding hydrogens is 358 g/mol. The molecule has 0 fully saturated rings. The highest BCUT2D eigenvalue weighted by Crippen LogP contribution is 2.36. The lowest BCUT2D eigenvalue weighted by Crippen LogP contribution is -2.03. The van der Waals surface area contributed by atoms with Crippen molar-refractivity contribution in [3.8, 4) is 17.2 Å². The van der Waals surface area contributed by atoms with Gasteiger partial charge in [-0.2, -0.15) is 0 Å². The fraction of sp³-hybridized carbons (Fsp3) is 0.143. The molecule has 0 aliphatic rings. The summed E-state index contributed by atoms with van der Waals surface area (Å²) in [5.74, 6) is 1.46. The molecule has 0 saturated carbocycles. The first-order valence-corrected chi connectivity index (χ1v) is 8.61. The zero-order chi connectivity index (χ0) is 15.6. The van der Waals surface area contributed by atoms with Crippen LogP contribution in [0.4, 0.5) is 5.69 Å². The predicted molar refractivity (Wildman–Crippen MR) is 84.7 cm³/mol. The van der Waals surface area contributed by atoms with Crippen LogP contribution in [0.2, 0.25) is 0 Å². The molecular formula is C14H14BrNO4S. The Morgan fingerprint density at radius 3 is 2.43 bits per heavy atom. The fourth-order valence-electron chi connectivity index (χ4n) is 1.75. The third kappa shape index (κ3) is 3.48. The van der Waals surface area contributed by atoms with Gasteiger partial charge in [-0.1, -0.05) is 6.07 Å². The number of hydrogen-bond acceptors (Lipinski definition) is 5. The number of halogens is 1. The van der Waals surface area contributed by atoms with Crippen molar-refractivity contribution < 1.29 is 17.9 Å². The molecule has 0 heterocycles. The van der Waals surface area contributed by atoms with Crippen LogP contribution in [0.5, 0.6) is 17.2 Å². The Kier molecular flexibility index (Phi) is 4.43. The quantitative estimate of drug-likeness (QED) is 0.834. The van der Waals surface area contributed by atoms with Gasteiger partial charge in [0.2, 0.25) is 0 Å². The summed E-state index contributed by atoms with van der Waals surface area (Å²) in [4.78, 5) is 0.0460. The van der Waals surface area contributed by atoms with Gasteiger partial charge in [0.05, 0.1) is 22.2 Å². The van der Waals surface area contributed by atoms with Crippen LogP contribution in [0.1, 0.15) is 0 Å². The van der Waals surface area contributed by atoms with Gasteiger partial charge in [0, 0.05) is 6.26 Å². The number of methoxy groups -OCH3 is 1. The van der Waals surface area contributed by atoms with Crippen molar-refractivity contribution in [2.75, 3.05) is 19.1 Å². The molecule has 2 N–H and O–H groups in total. The van der Waals surface area contributed by atoms with Crippen molar-refractivity contribution in [3.63, 3.8) is 0 Å². The number of nitrogen functional groups attached to an aromatic ring is 1. The monoisotopic (exact) mass is 371 g/mol. The van der Waals surface area contributed by atoms with E-state index in [1.165, 1.54) is 6.07 Å². The molecule has 0 aromatic heterocycles. The van der Waals surface area contributed by atoms with Gasteiger partial charge in [-0.3, -0.25) is 0 Å². The second-order valence-electron chi connectivity index (χ2n) is 4.34. The molecule has 0 atom stereocenters. The standard InChI is InChI=1S/C14H14BrNO4S/c1-19-9-6-7-11(10(15)8-9)20-12-4-3-5-13(14(12)16)21(2,17)18/h3-8H,16H2,1-2H3. The maximum atomic E-state index is 11.6. The summed E-state index contributed by atoms with van der Waals surface area (Å²) in [7, 11) is -1.84. The Bertz CT molecular complexity index is 775. The molecule has 0 amide bonds. The lowest BCUT2D eigenvalue weighted by Gasteiger charge is -2.13. The highest BCUT2D eigenvalue weighted by atomic mass is 79.9. The summed E-state index contributed by atoms with van der Waals surface area (Å²) >= 11 is 3.36. The van der Waals surface area contributed by atoms with Crippen LogP contribution >= 0.6 is 15.9 Å². The summed E-state index contributed by atoms with van der Waals surface area (Å²) in [5, 5.41) is 0. The molecule has 0 bridgehead atoms. The normalized spacial score (nSPS) is 11.2. The average Bonchev–Trinajstić information content (AvgIpc) is 2.41. The molecule has 7 heteroatoms. The van der Waals surface area contributed by atoms with E-state index >= 15 is 0 Å². The third-order valence-electron chi connectivity index (χ3n) is 2.78. The number of ether oxygens (including phenoxy) is 2. The molecule has 0 unspecified atom stereocenters. The Morgan fingerprint density at radius 1 is 1.14 bits per heavy atom. The number of anilines is 1. The summed E-state index contributed by atoms with van der Waals surface area (Å²) in [6, 6.07) is 9.82. The number of sulfone groups is 1. The van der Waals surface area contributed by atoms with Gasteiger partial charge in [0.1, 0.15) is 11.5 Å². The van der Waals surface area contributed by atoms with E-state index < -0.39 is 9.84 Å². The molecule has 0 saturated heterocycles. The van der Waals surface area contributed by atoms with Crippen molar-refractivity contribution in [1.29, 1.82) is 0 Å². The van der Waals surface area contributed by atoms with Crippen LogP contribution in [0.25, 0.3) is 0 Å². The van der Waals surface area contributed by atoms with E-state index in [2.05, 4.69) is 15.9 Å². The third-order valence-corrected chi connectivity index (χ3v) is 4.56. The Labute approximate surface area is 131 Å². The van der Waals surface area contributed by atoms with Crippen molar-refractivity contribution in [1.82, 2.24) is 0 Å².